The molecule has 1 unspecified atom stereocenters. The van der Waals surface area contributed by atoms with Gasteiger partial charge in [-0.25, -0.2) is 13.4 Å². The Labute approximate surface area is 131 Å². The third-order valence-corrected chi connectivity index (χ3v) is 4.76. The number of carboxylic acid groups (broad SMARTS) is 1. The van der Waals surface area contributed by atoms with Crippen molar-refractivity contribution in [3.8, 4) is 0 Å². The summed E-state index contributed by atoms with van der Waals surface area (Å²) in [6, 6.07) is 2.79. The van der Waals surface area contributed by atoms with Crippen LogP contribution in [0.15, 0.2) is 35.7 Å². The molecule has 0 saturated heterocycles. The molecule has 2 N–H and O–H groups in total. The first-order valence-corrected chi connectivity index (χ1v) is 7.99. The van der Waals surface area contributed by atoms with E-state index in [9.17, 15) is 13.2 Å². The van der Waals surface area contributed by atoms with E-state index >= 15 is 0 Å². The van der Waals surface area contributed by atoms with E-state index in [1.54, 1.807) is 13.0 Å². The van der Waals surface area contributed by atoms with Gasteiger partial charge >= 0.3 is 5.97 Å². The summed E-state index contributed by atoms with van der Waals surface area (Å²) < 4.78 is 27.9. The van der Waals surface area contributed by atoms with Gasteiger partial charge in [-0.15, -0.1) is 0 Å². The molecule has 2 aromatic rings. The van der Waals surface area contributed by atoms with Crippen LogP contribution in [0.3, 0.4) is 0 Å². The molecule has 0 aliphatic heterocycles. The predicted octanol–water partition coefficient (Wildman–Crippen LogP) is 0.672. The van der Waals surface area contributed by atoms with Crippen molar-refractivity contribution in [3.63, 3.8) is 0 Å². The average molecular weight is 345 g/mol. The minimum absolute atomic E-state index is 0.104. The normalized spacial score (nSPS) is 13.0. The zero-order valence-corrected chi connectivity index (χ0v) is 13.0. The van der Waals surface area contributed by atoms with Crippen LogP contribution in [0.5, 0.6) is 0 Å². The lowest BCUT2D eigenvalue weighted by Crippen LogP contribution is -2.43. The maximum absolute atomic E-state index is 12.3. The van der Waals surface area contributed by atoms with E-state index in [-0.39, 0.29) is 16.5 Å². The average Bonchev–Trinajstić information content (AvgIpc) is 2.93. The number of sulfonamides is 1. The molecule has 22 heavy (non-hydrogen) atoms. The van der Waals surface area contributed by atoms with Crippen molar-refractivity contribution in [1.82, 2.24) is 19.5 Å². The highest BCUT2D eigenvalue weighted by Crippen LogP contribution is 2.20. The van der Waals surface area contributed by atoms with Gasteiger partial charge in [0.15, 0.2) is 0 Å². The number of carbonyl (C=O) groups is 1. The van der Waals surface area contributed by atoms with Crippen molar-refractivity contribution in [3.05, 3.63) is 41.4 Å². The predicted molar refractivity (Wildman–Crippen MR) is 78.0 cm³/mol. The van der Waals surface area contributed by atoms with Crippen LogP contribution in [0.1, 0.15) is 5.56 Å². The van der Waals surface area contributed by atoms with Crippen molar-refractivity contribution in [2.24, 2.45) is 0 Å². The van der Waals surface area contributed by atoms with Crippen LogP contribution in [0.2, 0.25) is 5.02 Å². The third-order valence-electron chi connectivity index (χ3n) is 2.89. The second kappa shape index (κ2) is 6.42. The van der Waals surface area contributed by atoms with Crippen LogP contribution >= 0.6 is 11.6 Å². The molecular formula is C12H13ClN4O4S. The first kappa shape index (κ1) is 16.4. The molecule has 1 heterocycles. The maximum Gasteiger partial charge on any atom is 0.323 e. The summed E-state index contributed by atoms with van der Waals surface area (Å²) >= 11 is 5.90. The van der Waals surface area contributed by atoms with Gasteiger partial charge in [0.1, 0.15) is 18.7 Å². The largest absolute Gasteiger partial charge is 0.480 e. The first-order chi connectivity index (χ1) is 10.3. The molecule has 8 nitrogen and oxygen atoms in total. The smallest absolute Gasteiger partial charge is 0.323 e. The Balaban J connectivity index is 2.24. The van der Waals surface area contributed by atoms with Gasteiger partial charge in [0.05, 0.1) is 11.4 Å². The molecule has 0 saturated carbocycles. The van der Waals surface area contributed by atoms with Crippen LogP contribution in [0, 0.1) is 6.92 Å². The van der Waals surface area contributed by atoms with E-state index in [2.05, 4.69) is 14.8 Å². The number of halogens is 1. The van der Waals surface area contributed by atoms with Crippen LogP contribution in [-0.2, 0) is 21.4 Å². The Bertz CT molecular complexity index is 776. The molecule has 0 aliphatic rings. The van der Waals surface area contributed by atoms with Gasteiger partial charge in [-0.1, -0.05) is 17.7 Å². The van der Waals surface area contributed by atoms with Crippen LogP contribution < -0.4 is 4.72 Å². The lowest BCUT2D eigenvalue weighted by atomic mass is 10.2. The summed E-state index contributed by atoms with van der Waals surface area (Å²) in [4.78, 5) is 14.8. The van der Waals surface area contributed by atoms with Crippen LogP contribution in [0.25, 0.3) is 0 Å². The zero-order chi connectivity index (χ0) is 16.3. The van der Waals surface area contributed by atoms with Gasteiger partial charge in [0.2, 0.25) is 10.0 Å². The van der Waals surface area contributed by atoms with E-state index in [0.717, 1.165) is 5.56 Å². The Kier molecular flexibility index (Phi) is 4.79. The molecule has 10 heteroatoms. The SMILES string of the molecule is Cc1ccc(S(=O)(=O)NC(Cn2cncn2)C(=O)O)cc1Cl. The summed E-state index contributed by atoms with van der Waals surface area (Å²) in [5.74, 6) is -1.32. The number of nitrogens with zero attached hydrogens (tertiary/aromatic N) is 3. The summed E-state index contributed by atoms with van der Waals surface area (Å²) in [5.41, 5.74) is 0.720. The fourth-order valence-corrected chi connectivity index (χ4v) is 3.13. The maximum atomic E-state index is 12.3. The molecule has 2 rings (SSSR count). The van der Waals surface area contributed by atoms with Gasteiger partial charge in [-0.05, 0) is 24.6 Å². The fourth-order valence-electron chi connectivity index (χ4n) is 1.68. The number of benzene rings is 1. The van der Waals surface area contributed by atoms with Gasteiger partial charge in [-0.2, -0.15) is 9.82 Å². The topological polar surface area (TPSA) is 114 Å². The Morgan fingerprint density at radius 2 is 2.23 bits per heavy atom. The highest BCUT2D eigenvalue weighted by Gasteiger charge is 2.26. The van der Waals surface area contributed by atoms with Crippen molar-refractivity contribution in [1.29, 1.82) is 0 Å². The molecule has 0 amide bonds. The summed E-state index contributed by atoms with van der Waals surface area (Å²) in [6.45, 7) is 1.55. The second-order valence-corrected chi connectivity index (χ2v) is 6.66. The molecule has 0 radical (unpaired) electrons. The van der Waals surface area contributed by atoms with Crippen molar-refractivity contribution >= 4 is 27.6 Å². The molecule has 1 atom stereocenters. The molecule has 118 valence electrons. The highest BCUT2D eigenvalue weighted by molar-refractivity contribution is 7.89. The zero-order valence-electron chi connectivity index (χ0n) is 11.5. The first-order valence-electron chi connectivity index (χ1n) is 6.13. The monoisotopic (exact) mass is 344 g/mol. The van der Waals surface area contributed by atoms with Crippen LogP contribution in [-0.4, -0.2) is 40.3 Å². The summed E-state index contributed by atoms with van der Waals surface area (Å²) in [6.07, 6.45) is 2.53. The van der Waals surface area contributed by atoms with E-state index in [1.165, 1.54) is 29.5 Å². The lowest BCUT2D eigenvalue weighted by molar-refractivity contribution is -0.139. The molecule has 1 aromatic carbocycles. The lowest BCUT2D eigenvalue weighted by Gasteiger charge is -2.15. The Hall–Kier alpha value is -1.97. The quantitative estimate of drug-likeness (QED) is 0.796. The molecule has 0 fully saturated rings. The van der Waals surface area contributed by atoms with Gasteiger partial charge < -0.3 is 5.11 Å². The number of hydrogen-bond donors (Lipinski definition) is 2. The van der Waals surface area contributed by atoms with Crippen molar-refractivity contribution < 1.29 is 18.3 Å². The standard InChI is InChI=1S/C12H13ClN4O4S/c1-8-2-3-9(4-10(8)13)22(20,21)16-11(12(18)19)5-17-7-14-6-15-17/h2-4,6-7,11,16H,5H2,1H3,(H,18,19). The van der Waals surface area contributed by atoms with Gasteiger partial charge in [0.25, 0.3) is 0 Å². The number of rotatable bonds is 6. The molecule has 1 aromatic heterocycles. The highest BCUT2D eigenvalue weighted by atomic mass is 35.5. The number of aliphatic carboxylic acids is 1. The van der Waals surface area contributed by atoms with Gasteiger partial charge in [0, 0.05) is 5.02 Å². The summed E-state index contributed by atoms with van der Waals surface area (Å²) in [5, 5.41) is 13.2. The molecule has 0 bridgehead atoms. The number of aryl methyl sites for hydroxylation is 1. The minimum Gasteiger partial charge on any atom is -0.480 e. The van der Waals surface area contributed by atoms with E-state index < -0.39 is 22.0 Å². The minimum atomic E-state index is -4.02. The van der Waals surface area contributed by atoms with E-state index in [1.807, 2.05) is 0 Å². The van der Waals surface area contributed by atoms with Crippen molar-refractivity contribution in [2.45, 2.75) is 24.4 Å². The van der Waals surface area contributed by atoms with Gasteiger partial charge in [-0.3, -0.25) is 9.48 Å². The molecule has 0 aliphatic carbocycles. The van der Waals surface area contributed by atoms with Crippen LogP contribution in [0.4, 0.5) is 0 Å². The van der Waals surface area contributed by atoms with Crippen molar-refractivity contribution in [2.75, 3.05) is 0 Å². The molecule has 0 spiro atoms. The molecular weight excluding hydrogens is 332 g/mol. The number of nitrogens with one attached hydrogen (secondary N) is 1. The fraction of sp³-hybridized carbons (Fsp3) is 0.250. The van der Waals surface area contributed by atoms with E-state index in [4.69, 9.17) is 16.7 Å². The number of carboxylic acids is 1. The Morgan fingerprint density at radius 1 is 1.50 bits per heavy atom. The summed E-state index contributed by atoms with van der Waals surface area (Å²) in [7, 11) is -4.02. The second-order valence-electron chi connectivity index (χ2n) is 4.54. The number of hydrogen-bond acceptors (Lipinski definition) is 5. The number of aromatic nitrogens is 3. The van der Waals surface area contributed by atoms with E-state index in [0.29, 0.717) is 0 Å². The Morgan fingerprint density at radius 3 is 2.77 bits per heavy atom. The third kappa shape index (κ3) is 3.81.